The number of carbonyl (C=O) groups excluding carboxylic acids is 1. The van der Waals surface area contributed by atoms with Gasteiger partial charge in [0.05, 0.1) is 19.3 Å². The number of carbonyl (C=O) groups is 1. The smallest absolute Gasteiger partial charge is 0.255 e. The Morgan fingerprint density at radius 3 is 2.62 bits per heavy atom. The second-order valence-electron chi connectivity index (χ2n) is 6.92. The van der Waals surface area contributed by atoms with Crippen LogP contribution in [0, 0.1) is 0 Å². The van der Waals surface area contributed by atoms with E-state index in [4.69, 9.17) is 9.47 Å². The Kier molecular flexibility index (Phi) is 5.51. The minimum absolute atomic E-state index is 0.0454. The molecule has 0 radical (unpaired) electrons. The fourth-order valence-corrected chi connectivity index (χ4v) is 3.80. The Bertz CT molecular complexity index is 985. The van der Waals surface area contributed by atoms with Gasteiger partial charge >= 0.3 is 0 Å². The molecule has 0 spiro atoms. The maximum Gasteiger partial charge on any atom is 0.255 e. The Balaban J connectivity index is 1.72. The summed E-state index contributed by atoms with van der Waals surface area (Å²) < 4.78 is 11.5. The highest BCUT2D eigenvalue weighted by atomic mass is 16.5. The lowest BCUT2D eigenvalue weighted by atomic mass is 10.0. The van der Waals surface area contributed by atoms with Crippen LogP contribution in [0.15, 0.2) is 54.9 Å². The topological polar surface area (TPSA) is 67.5 Å². The third kappa shape index (κ3) is 3.83. The summed E-state index contributed by atoms with van der Waals surface area (Å²) in [6.45, 7) is 5.58. The third-order valence-corrected chi connectivity index (χ3v) is 5.12. The molecule has 0 saturated carbocycles. The van der Waals surface area contributed by atoms with E-state index in [-0.39, 0.29) is 11.9 Å². The Morgan fingerprint density at radius 1 is 1.10 bits per heavy atom. The van der Waals surface area contributed by atoms with Crippen molar-refractivity contribution in [2.45, 2.75) is 32.9 Å². The van der Waals surface area contributed by atoms with E-state index in [1.54, 1.807) is 12.4 Å². The number of ether oxygens (including phenoxy) is 2. The van der Waals surface area contributed by atoms with Crippen LogP contribution >= 0.6 is 0 Å². The van der Waals surface area contributed by atoms with Crippen molar-refractivity contribution < 1.29 is 14.3 Å². The standard InChI is InChI=1S/C23H25N3O3/c1-3-28-20-10-9-16(13-21(20)29-4-2)19(14-22-24-11-12-25-22)26-15-17-7-5-6-8-18(17)23(26)27/h5-13,19H,3-4,14-15H2,1-2H3,(H,24,25). The van der Waals surface area contributed by atoms with Gasteiger partial charge in [-0.3, -0.25) is 4.79 Å². The molecule has 6 nitrogen and oxygen atoms in total. The number of aromatic amines is 1. The molecule has 0 bridgehead atoms. The highest BCUT2D eigenvalue weighted by Gasteiger charge is 2.34. The minimum Gasteiger partial charge on any atom is -0.490 e. The van der Waals surface area contributed by atoms with Crippen molar-refractivity contribution in [2.75, 3.05) is 13.2 Å². The molecular formula is C23H25N3O3. The maximum atomic E-state index is 13.2. The number of rotatable bonds is 8. The predicted octanol–water partition coefficient (Wildman–Crippen LogP) is 4.15. The van der Waals surface area contributed by atoms with E-state index in [1.807, 2.05) is 61.2 Å². The Morgan fingerprint density at radius 2 is 1.90 bits per heavy atom. The molecule has 1 amide bonds. The average molecular weight is 391 g/mol. The lowest BCUT2D eigenvalue weighted by molar-refractivity contribution is 0.0698. The van der Waals surface area contributed by atoms with Crippen LogP contribution in [0.2, 0.25) is 0 Å². The summed E-state index contributed by atoms with van der Waals surface area (Å²) in [6, 6.07) is 13.5. The molecular weight excluding hydrogens is 366 g/mol. The summed E-state index contributed by atoms with van der Waals surface area (Å²) in [4.78, 5) is 22.6. The molecule has 1 atom stereocenters. The molecule has 2 aromatic carbocycles. The summed E-state index contributed by atoms with van der Waals surface area (Å²) in [6.07, 6.45) is 4.12. The number of aromatic nitrogens is 2. The zero-order valence-corrected chi connectivity index (χ0v) is 16.7. The van der Waals surface area contributed by atoms with Gasteiger partial charge in [-0.15, -0.1) is 0 Å². The van der Waals surface area contributed by atoms with Gasteiger partial charge in [0.25, 0.3) is 5.91 Å². The van der Waals surface area contributed by atoms with E-state index in [0.717, 1.165) is 22.5 Å². The lowest BCUT2D eigenvalue weighted by Crippen LogP contribution is -2.31. The molecule has 0 aliphatic carbocycles. The van der Waals surface area contributed by atoms with Crippen molar-refractivity contribution in [1.82, 2.24) is 14.9 Å². The van der Waals surface area contributed by atoms with E-state index in [1.165, 1.54) is 0 Å². The molecule has 2 heterocycles. The molecule has 0 fully saturated rings. The highest BCUT2D eigenvalue weighted by Crippen LogP contribution is 2.37. The number of benzene rings is 2. The van der Waals surface area contributed by atoms with Crippen LogP contribution in [0.5, 0.6) is 11.5 Å². The molecule has 1 aliphatic rings. The van der Waals surface area contributed by atoms with Gasteiger partial charge in [0, 0.05) is 30.9 Å². The van der Waals surface area contributed by atoms with E-state index >= 15 is 0 Å². The zero-order valence-electron chi connectivity index (χ0n) is 16.7. The lowest BCUT2D eigenvalue weighted by Gasteiger charge is -2.28. The first kappa shape index (κ1) is 19.1. The number of imidazole rings is 1. The highest BCUT2D eigenvalue weighted by molar-refractivity contribution is 5.98. The number of hydrogen-bond donors (Lipinski definition) is 1. The van der Waals surface area contributed by atoms with Gasteiger partial charge in [-0.05, 0) is 43.2 Å². The van der Waals surface area contributed by atoms with Crippen molar-refractivity contribution in [1.29, 1.82) is 0 Å². The zero-order chi connectivity index (χ0) is 20.2. The van der Waals surface area contributed by atoms with E-state index < -0.39 is 0 Å². The van der Waals surface area contributed by atoms with E-state index in [2.05, 4.69) is 9.97 Å². The molecule has 150 valence electrons. The summed E-state index contributed by atoms with van der Waals surface area (Å²) in [7, 11) is 0. The van der Waals surface area contributed by atoms with Gasteiger partial charge in [0.2, 0.25) is 0 Å². The van der Waals surface area contributed by atoms with Crippen molar-refractivity contribution in [3.05, 3.63) is 77.4 Å². The third-order valence-electron chi connectivity index (χ3n) is 5.12. The Hall–Kier alpha value is -3.28. The fraction of sp³-hybridized carbons (Fsp3) is 0.304. The normalized spacial score (nSPS) is 14.0. The average Bonchev–Trinajstić information content (AvgIpc) is 3.36. The molecule has 3 aromatic rings. The van der Waals surface area contributed by atoms with Crippen LogP contribution < -0.4 is 9.47 Å². The van der Waals surface area contributed by atoms with Crippen LogP contribution in [0.4, 0.5) is 0 Å². The van der Waals surface area contributed by atoms with Gasteiger partial charge < -0.3 is 19.4 Å². The number of H-pyrrole nitrogens is 1. The maximum absolute atomic E-state index is 13.2. The molecule has 29 heavy (non-hydrogen) atoms. The summed E-state index contributed by atoms with van der Waals surface area (Å²) in [5.74, 6) is 2.29. The summed E-state index contributed by atoms with van der Waals surface area (Å²) >= 11 is 0. The molecule has 1 aromatic heterocycles. The molecule has 4 rings (SSSR count). The first-order valence-electron chi connectivity index (χ1n) is 9.98. The number of nitrogens with one attached hydrogen (secondary N) is 1. The molecule has 6 heteroatoms. The minimum atomic E-state index is -0.170. The van der Waals surface area contributed by atoms with Crippen LogP contribution in [0.1, 0.15) is 47.2 Å². The SMILES string of the molecule is CCOc1ccc(C(Cc2ncc[nH]2)N2Cc3ccccc3C2=O)cc1OCC. The van der Waals surface area contributed by atoms with Gasteiger partial charge in [0.1, 0.15) is 5.82 Å². The van der Waals surface area contributed by atoms with Crippen LogP contribution in [0.25, 0.3) is 0 Å². The van der Waals surface area contributed by atoms with E-state index in [9.17, 15) is 4.79 Å². The van der Waals surface area contributed by atoms with Gasteiger partial charge in [-0.1, -0.05) is 24.3 Å². The number of nitrogens with zero attached hydrogens (tertiary/aromatic N) is 2. The monoisotopic (exact) mass is 391 g/mol. The second kappa shape index (κ2) is 8.39. The van der Waals surface area contributed by atoms with Crippen molar-refractivity contribution >= 4 is 5.91 Å². The molecule has 1 aliphatic heterocycles. The first-order valence-corrected chi connectivity index (χ1v) is 9.98. The largest absolute Gasteiger partial charge is 0.490 e. The van der Waals surface area contributed by atoms with Crippen LogP contribution in [-0.4, -0.2) is 34.0 Å². The summed E-state index contributed by atoms with van der Waals surface area (Å²) in [5, 5.41) is 0. The first-order chi connectivity index (χ1) is 14.2. The van der Waals surface area contributed by atoms with E-state index in [0.29, 0.717) is 37.7 Å². The number of fused-ring (bicyclic) bond motifs is 1. The predicted molar refractivity (Wildman–Crippen MR) is 110 cm³/mol. The van der Waals surface area contributed by atoms with Gasteiger partial charge in [-0.25, -0.2) is 4.98 Å². The molecule has 1 N–H and O–H groups in total. The van der Waals surface area contributed by atoms with Crippen molar-refractivity contribution in [2.24, 2.45) is 0 Å². The summed E-state index contributed by atoms with van der Waals surface area (Å²) in [5.41, 5.74) is 2.82. The fourth-order valence-electron chi connectivity index (χ4n) is 3.80. The van der Waals surface area contributed by atoms with Crippen LogP contribution in [-0.2, 0) is 13.0 Å². The number of hydrogen-bond acceptors (Lipinski definition) is 4. The van der Waals surface area contributed by atoms with Crippen molar-refractivity contribution in [3.8, 4) is 11.5 Å². The quantitative estimate of drug-likeness (QED) is 0.626. The Labute approximate surface area is 170 Å². The van der Waals surface area contributed by atoms with Gasteiger partial charge in [0.15, 0.2) is 11.5 Å². The van der Waals surface area contributed by atoms with Gasteiger partial charge in [-0.2, -0.15) is 0 Å². The van der Waals surface area contributed by atoms with Crippen LogP contribution in [0.3, 0.4) is 0 Å². The number of amides is 1. The van der Waals surface area contributed by atoms with Crippen molar-refractivity contribution in [3.63, 3.8) is 0 Å². The second-order valence-corrected chi connectivity index (χ2v) is 6.92. The molecule has 1 unspecified atom stereocenters. The molecule has 0 saturated heterocycles.